The molecule has 3 aromatic heterocycles. The van der Waals surface area contributed by atoms with Crippen LogP contribution in [0.2, 0.25) is 0 Å². The third-order valence-corrected chi connectivity index (χ3v) is 3.04. The minimum absolute atomic E-state index is 0.0885. The van der Waals surface area contributed by atoms with Gasteiger partial charge in [0.1, 0.15) is 11.3 Å². The second-order valence-corrected chi connectivity index (χ2v) is 4.49. The van der Waals surface area contributed by atoms with Crippen LogP contribution in [0.25, 0.3) is 11.2 Å². The molecule has 5 heteroatoms. The summed E-state index contributed by atoms with van der Waals surface area (Å²) in [5, 5.41) is 3.36. The van der Waals surface area contributed by atoms with Gasteiger partial charge in [-0.3, -0.25) is 4.98 Å². The fourth-order valence-corrected chi connectivity index (χ4v) is 2.00. The zero-order valence-electron chi connectivity index (χ0n) is 10.9. The van der Waals surface area contributed by atoms with Gasteiger partial charge in [-0.1, -0.05) is 6.07 Å². The lowest BCUT2D eigenvalue weighted by Crippen LogP contribution is -2.11. The van der Waals surface area contributed by atoms with Crippen molar-refractivity contribution >= 4 is 17.0 Å². The van der Waals surface area contributed by atoms with E-state index in [9.17, 15) is 0 Å². The van der Waals surface area contributed by atoms with Crippen LogP contribution in [0.5, 0.6) is 0 Å². The molecule has 3 heterocycles. The Morgan fingerprint density at radius 1 is 1.21 bits per heavy atom. The average molecular weight is 253 g/mol. The van der Waals surface area contributed by atoms with Gasteiger partial charge in [-0.05, 0) is 32.0 Å². The number of pyridine rings is 1. The number of nitrogens with one attached hydrogen (secondary N) is 2. The lowest BCUT2D eigenvalue weighted by Gasteiger charge is -2.15. The van der Waals surface area contributed by atoms with Gasteiger partial charge in [0.2, 0.25) is 0 Å². The molecule has 5 nitrogen and oxygen atoms in total. The summed E-state index contributed by atoms with van der Waals surface area (Å²) in [4.78, 5) is 16.4. The van der Waals surface area contributed by atoms with Crippen LogP contribution in [-0.2, 0) is 0 Å². The van der Waals surface area contributed by atoms with E-state index < -0.39 is 0 Å². The first-order valence-corrected chi connectivity index (χ1v) is 6.23. The van der Waals surface area contributed by atoms with Crippen molar-refractivity contribution in [2.24, 2.45) is 0 Å². The molecule has 3 rings (SSSR count). The molecule has 1 unspecified atom stereocenters. The van der Waals surface area contributed by atoms with E-state index >= 15 is 0 Å². The Morgan fingerprint density at radius 3 is 2.89 bits per heavy atom. The Hall–Kier alpha value is -2.43. The van der Waals surface area contributed by atoms with Gasteiger partial charge < -0.3 is 10.3 Å². The lowest BCUT2D eigenvalue weighted by atomic mass is 10.2. The molecule has 0 aliphatic carbocycles. The van der Waals surface area contributed by atoms with Crippen molar-refractivity contribution in [3.8, 4) is 0 Å². The van der Waals surface area contributed by atoms with Gasteiger partial charge in [0.25, 0.3) is 0 Å². The van der Waals surface area contributed by atoms with Crippen molar-refractivity contribution in [2.45, 2.75) is 19.9 Å². The summed E-state index contributed by atoms with van der Waals surface area (Å²) >= 11 is 0. The molecule has 1 atom stereocenters. The van der Waals surface area contributed by atoms with E-state index in [1.54, 1.807) is 6.20 Å². The molecular weight excluding hydrogens is 238 g/mol. The van der Waals surface area contributed by atoms with Crippen molar-refractivity contribution in [1.29, 1.82) is 0 Å². The number of aromatic nitrogens is 4. The quantitative estimate of drug-likeness (QED) is 0.753. The Morgan fingerprint density at radius 2 is 2.11 bits per heavy atom. The summed E-state index contributed by atoms with van der Waals surface area (Å²) < 4.78 is 0. The van der Waals surface area contributed by atoms with E-state index in [1.807, 2.05) is 37.4 Å². The number of hydrogen-bond acceptors (Lipinski definition) is 4. The number of aryl methyl sites for hydroxylation is 1. The van der Waals surface area contributed by atoms with Crippen LogP contribution in [0.3, 0.4) is 0 Å². The summed E-state index contributed by atoms with van der Waals surface area (Å²) in [7, 11) is 0. The maximum Gasteiger partial charge on any atom is 0.156 e. The predicted molar refractivity (Wildman–Crippen MR) is 74.9 cm³/mol. The Kier molecular flexibility index (Phi) is 2.87. The van der Waals surface area contributed by atoms with Crippen molar-refractivity contribution in [1.82, 2.24) is 19.9 Å². The first kappa shape index (κ1) is 11.6. The largest absolute Gasteiger partial charge is 0.360 e. The second-order valence-electron chi connectivity index (χ2n) is 4.49. The van der Waals surface area contributed by atoms with Crippen LogP contribution >= 0.6 is 0 Å². The standard InChI is InChI=1S/C14H15N5/c1-9(11-5-3-4-7-15-11)17-13-10(2)18-14-12(19-13)6-8-16-14/h3-9H,1-2H3,(H,16,18)(H,17,19). The van der Waals surface area contributed by atoms with Gasteiger partial charge >= 0.3 is 0 Å². The van der Waals surface area contributed by atoms with Crippen molar-refractivity contribution in [3.63, 3.8) is 0 Å². The van der Waals surface area contributed by atoms with Gasteiger partial charge in [-0.2, -0.15) is 0 Å². The third kappa shape index (κ3) is 2.27. The van der Waals surface area contributed by atoms with E-state index in [-0.39, 0.29) is 6.04 Å². The minimum Gasteiger partial charge on any atom is -0.360 e. The van der Waals surface area contributed by atoms with E-state index in [0.717, 1.165) is 28.4 Å². The highest BCUT2D eigenvalue weighted by molar-refractivity contribution is 5.73. The molecule has 0 aliphatic heterocycles. The molecule has 0 radical (unpaired) electrons. The molecule has 0 aromatic carbocycles. The Labute approximate surface area is 111 Å². The van der Waals surface area contributed by atoms with Gasteiger partial charge in [-0.25, -0.2) is 9.97 Å². The number of fused-ring (bicyclic) bond motifs is 1. The van der Waals surface area contributed by atoms with Crippen molar-refractivity contribution < 1.29 is 0 Å². The lowest BCUT2D eigenvalue weighted by molar-refractivity contribution is 0.828. The molecule has 3 aromatic rings. The van der Waals surface area contributed by atoms with Crippen LogP contribution in [0, 0.1) is 6.92 Å². The Balaban J connectivity index is 1.90. The van der Waals surface area contributed by atoms with E-state index in [2.05, 4.69) is 32.2 Å². The molecule has 0 saturated carbocycles. The molecule has 19 heavy (non-hydrogen) atoms. The van der Waals surface area contributed by atoms with Crippen LogP contribution in [0.1, 0.15) is 24.4 Å². The molecule has 2 N–H and O–H groups in total. The number of aromatic amines is 1. The number of rotatable bonds is 3. The molecule has 0 fully saturated rings. The second kappa shape index (κ2) is 4.68. The molecule has 0 spiro atoms. The monoisotopic (exact) mass is 253 g/mol. The van der Waals surface area contributed by atoms with Gasteiger partial charge in [-0.15, -0.1) is 0 Å². The highest BCUT2D eigenvalue weighted by Gasteiger charge is 2.11. The zero-order chi connectivity index (χ0) is 13.2. The highest BCUT2D eigenvalue weighted by Crippen LogP contribution is 2.20. The maximum absolute atomic E-state index is 4.57. The van der Waals surface area contributed by atoms with E-state index in [0.29, 0.717) is 0 Å². The van der Waals surface area contributed by atoms with Gasteiger partial charge in [0, 0.05) is 12.4 Å². The number of anilines is 1. The number of H-pyrrole nitrogens is 1. The van der Waals surface area contributed by atoms with E-state index in [4.69, 9.17) is 0 Å². The third-order valence-electron chi connectivity index (χ3n) is 3.04. The van der Waals surface area contributed by atoms with Crippen LogP contribution in [0.15, 0.2) is 36.7 Å². The van der Waals surface area contributed by atoms with E-state index in [1.165, 1.54) is 0 Å². The van der Waals surface area contributed by atoms with Crippen molar-refractivity contribution in [2.75, 3.05) is 5.32 Å². The topological polar surface area (TPSA) is 66.5 Å². The molecule has 0 bridgehead atoms. The molecule has 0 amide bonds. The predicted octanol–water partition coefficient (Wildman–Crippen LogP) is 2.83. The first-order chi connectivity index (χ1) is 9.24. The van der Waals surface area contributed by atoms with Crippen molar-refractivity contribution in [3.05, 3.63) is 48.0 Å². The zero-order valence-corrected chi connectivity index (χ0v) is 10.9. The summed E-state index contributed by atoms with van der Waals surface area (Å²) in [6, 6.07) is 7.89. The number of hydrogen-bond donors (Lipinski definition) is 2. The molecule has 0 saturated heterocycles. The van der Waals surface area contributed by atoms with Crippen LogP contribution in [0.4, 0.5) is 5.82 Å². The SMILES string of the molecule is Cc1nc2[nH]ccc2nc1NC(C)c1ccccn1. The van der Waals surface area contributed by atoms with Gasteiger partial charge in [0.05, 0.1) is 17.4 Å². The smallest absolute Gasteiger partial charge is 0.156 e. The fraction of sp³-hybridized carbons (Fsp3) is 0.214. The normalized spacial score (nSPS) is 12.5. The first-order valence-electron chi connectivity index (χ1n) is 6.23. The number of nitrogens with zero attached hydrogens (tertiary/aromatic N) is 3. The van der Waals surface area contributed by atoms with Crippen LogP contribution in [-0.4, -0.2) is 19.9 Å². The summed E-state index contributed by atoms with van der Waals surface area (Å²) in [5.41, 5.74) is 3.53. The molecular formula is C14H15N5. The average Bonchev–Trinajstić information content (AvgIpc) is 2.87. The molecule has 96 valence electrons. The summed E-state index contributed by atoms with van der Waals surface area (Å²) in [6.07, 6.45) is 3.64. The summed E-state index contributed by atoms with van der Waals surface area (Å²) in [6.45, 7) is 4.01. The fourth-order valence-electron chi connectivity index (χ4n) is 2.00. The summed E-state index contributed by atoms with van der Waals surface area (Å²) in [5.74, 6) is 0.797. The molecule has 0 aliphatic rings. The van der Waals surface area contributed by atoms with Gasteiger partial charge in [0.15, 0.2) is 5.65 Å². The van der Waals surface area contributed by atoms with Crippen LogP contribution < -0.4 is 5.32 Å². The minimum atomic E-state index is 0.0885. The Bertz CT molecular complexity index is 689. The highest BCUT2D eigenvalue weighted by atomic mass is 15.1. The maximum atomic E-state index is 4.57.